The van der Waals surface area contributed by atoms with Crippen LogP contribution in [0.1, 0.15) is 37.0 Å². The molecule has 2 aromatic heterocycles. The van der Waals surface area contributed by atoms with E-state index in [1.807, 2.05) is 31.2 Å². The molecule has 1 atom stereocenters. The Bertz CT molecular complexity index is 713. The standard InChI is InChI=1S/C20H27N3O3/c1-15(2)20-21-16(3)12-19(22-20)26-14-18-13-23(9-11-25-18)8-4-6-17-7-5-10-24-17/h4-7,10,12,15,18H,8-9,11,13-14H2,1-3H3/b6-4-. The molecular weight excluding hydrogens is 330 g/mol. The van der Waals surface area contributed by atoms with Crippen molar-refractivity contribution < 1.29 is 13.9 Å². The van der Waals surface area contributed by atoms with Gasteiger partial charge in [-0.2, -0.15) is 4.98 Å². The van der Waals surface area contributed by atoms with E-state index in [1.165, 1.54) is 0 Å². The van der Waals surface area contributed by atoms with Crippen molar-refractivity contribution in [1.82, 2.24) is 14.9 Å². The highest BCUT2D eigenvalue weighted by Crippen LogP contribution is 2.16. The lowest BCUT2D eigenvalue weighted by Gasteiger charge is -2.31. The van der Waals surface area contributed by atoms with Crippen molar-refractivity contribution >= 4 is 6.08 Å². The first-order chi connectivity index (χ1) is 12.6. The monoisotopic (exact) mass is 357 g/mol. The summed E-state index contributed by atoms with van der Waals surface area (Å²) in [4.78, 5) is 11.3. The third-order valence-electron chi connectivity index (χ3n) is 4.19. The lowest BCUT2D eigenvalue weighted by Crippen LogP contribution is -2.44. The van der Waals surface area contributed by atoms with Crippen molar-refractivity contribution in [2.75, 3.05) is 32.8 Å². The van der Waals surface area contributed by atoms with Crippen LogP contribution in [0.5, 0.6) is 5.88 Å². The maximum Gasteiger partial charge on any atom is 0.216 e. The fraction of sp³-hybridized carbons (Fsp3) is 0.500. The van der Waals surface area contributed by atoms with E-state index in [4.69, 9.17) is 13.9 Å². The molecule has 0 bridgehead atoms. The van der Waals surface area contributed by atoms with Crippen LogP contribution in [-0.2, 0) is 4.74 Å². The molecule has 26 heavy (non-hydrogen) atoms. The Balaban J connectivity index is 1.49. The summed E-state index contributed by atoms with van der Waals surface area (Å²) < 4.78 is 17.0. The van der Waals surface area contributed by atoms with Crippen LogP contribution in [-0.4, -0.2) is 53.8 Å². The first kappa shape index (κ1) is 18.6. The molecule has 0 N–H and O–H groups in total. The second kappa shape index (κ2) is 8.96. The molecule has 140 valence electrons. The molecule has 0 aliphatic carbocycles. The molecule has 0 spiro atoms. The number of aromatic nitrogens is 2. The lowest BCUT2D eigenvalue weighted by molar-refractivity contribution is -0.0452. The van der Waals surface area contributed by atoms with Gasteiger partial charge in [-0.1, -0.05) is 19.9 Å². The van der Waals surface area contributed by atoms with Gasteiger partial charge in [0.1, 0.15) is 24.3 Å². The van der Waals surface area contributed by atoms with Crippen molar-refractivity contribution in [3.8, 4) is 5.88 Å². The first-order valence-electron chi connectivity index (χ1n) is 9.12. The van der Waals surface area contributed by atoms with Crippen LogP contribution >= 0.6 is 0 Å². The Labute approximate surface area is 154 Å². The maximum atomic E-state index is 5.89. The molecule has 0 saturated carbocycles. The van der Waals surface area contributed by atoms with Gasteiger partial charge in [0.05, 0.1) is 12.9 Å². The van der Waals surface area contributed by atoms with Gasteiger partial charge in [-0.3, -0.25) is 4.90 Å². The minimum atomic E-state index is 0.0403. The van der Waals surface area contributed by atoms with Crippen LogP contribution in [0.15, 0.2) is 35.0 Å². The normalized spacial score (nSPS) is 18.7. The van der Waals surface area contributed by atoms with E-state index in [-0.39, 0.29) is 12.0 Å². The molecule has 1 aliphatic rings. The molecule has 1 fully saturated rings. The van der Waals surface area contributed by atoms with E-state index in [2.05, 4.69) is 34.8 Å². The molecule has 1 unspecified atom stereocenters. The van der Waals surface area contributed by atoms with Gasteiger partial charge < -0.3 is 13.9 Å². The van der Waals surface area contributed by atoms with Crippen LogP contribution in [0, 0.1) is 6.92 Å². The molecule has 3 rings (SSSR count). The first-order valence-corrected chi connectivity index (χ1v) is 9.12. The number of ether oxygens (including phenoxy) is 2. The average Bonchev–Trinajstić information content (AvgIpc) is 3.13. The summed E-state index contributed by atoms with van der Waals surface area (Å²) in [5.41, 5.74) is 0.924. The van der Waals surface area contributed by atoms with Gasteiger partial charge >= 0.3 is 0 Å². The third kappa shape index (κ3) is 5.41. The van der Waals surface area contributed by atoms with Gasteiger partial charge in [0.2, 0.25) is 5.88 Å². The predicted octanol–water partition coefficient (Wildman–Crippen LogP) is 3.29. The Morgan fingerprint density at radius 3 is 3.04 bits per heavy atom. The second-order valence-corrected chi connectivity index (χ2v) is 6.84. The molecule has 6 nitrogen and oxygen atoms in total. The third-order valence-corrected chi connectivity index (χ3v) is 4.19. The summed E-state index contributed by atoms with van der Waals surface area (Å²) in [6, 6.07) is 5.71. The summed E-state index contributed by atoms with van der Waals surface area (Å²) in [6.07, 6.45) is 5.84. The summed E-state index contributed by atoms with van der Waals surface area (Å²) in [7, 11) is 0. The number of furan rings is 1. The van der Waals surface area contributed by atoms with Crippen LogP contribution in [0.3, 0.4) is 0 Å². The zero-order chi connectivity index (χ0) is 18.4. The number of hydrogen-bond acceptors (Lipinski definition) is 6. The lowest BCUT2D eigenvalue weighted by atomic mass is 10.2. The Hall–Kier alpha value is -2.18. The number of morpholine rings is 1. The molecule has 1 aliphatic heterocycles. The van der Waals surface area contributed by atoms with Crippen LogP contribution in [0.2, 0.25) is 0 Å². The highest BCUT2D eigenvalue weighted by atomic mass is 16.5. The van der Waals surface area contributed by atoms with E-state index in [0.717, 1.165) is 36.9 Å². The molecule has 6 heteroatoms. The summed E-state index contributed by atoms with van der Waals surface area (Å²) in [5, 5.41) is 0. The van der Waals surface area contributed by atoms with Crippen molar-refractivity contribution in [3.63, 3.8) is 0 Å². The number of nitrogens with zero attached hydrogens (tertiary/aromatic N) is 3. The van der Waals surface area contributed by atoms with Crippen molar-refractivity contribution in [1.29, 1.82) is 0 Å². The van der Waals surface area contributed by atoms with Crippen molar-refractivity contribution in [3.05, 3.63) is 47.8 Å². The van der Waals surface area contributed by atoms with Gasteiger partial charge in [0.25, 0.3) is 0 Å². The molecular formula is C20H27N3O3. The zero-order valence-electron chi connectivity index (χ0n) is 15.7. The molecule has 0 radical (unpaired) electrons. The summed E-state index contributed by atoms with van der Waals surface area (Å²) in [6.45, 7) is 9.95. The van der Waals surface area contributed by atoms with Crippen molar-refractivity contribution in [2.24, 2.45) is 0 Å². The van der Waals surface area contributed by atoms with E-state index in [0.29, 0.717) is 19.1 Å². The van der Waals surface area contributed by atoms with Crippen molar-refractivity contribution in [2.45, 2.75) is 32.8 Å². The van der Waals surface area contributed by atoms with Gasteiger partial charge in [-0.05, 0) is 25.1 Å². The Morgan fingerprint density at radius 1 is 1.38 bits per heavy atom. The fourth-order valence-electron chi connectivity index (χ4n) is 2.82. The van der Waals surface area contributed by atoms with Crippen LogP contribution < -0.4 is 4.74 Å². The van der Waals surface area contributed by atoms with Crippen LogP contribution in [0.4, 0.5) is 0 Å². The zero-order valence-corrected chi connectivity index (χ0v) is 15.7. The minimum Gasteiger partial charge on any atom is -0.475 e. The van der Waals surface area contributed by atoms with Gasteiger partial charge in [-0.15, -0.1) is 0 Å². The summed E-state index contributed by atoms with van der Waals surface area (Å²) >= 11 is 0. The number of hydrogen-bond donors (Lipinski definition) is 0. The molecule has 0 aromatic carbocycles. The number of rotatable bonds is 7. The Morgan fingerprint density at radius 2 is 2.27 bits per heavy atom. The second-order valence-electron chi connectivity index (χ2n) is 6.84. The van der Waals surface area contributed by atoms with E-state index >= 15 is 0 Å². The highest BCUT2D eigenvalue weighted by molar-refractivity contribution is 5.42. The largest absolute Gasteiger partial charge is 0.475 e. The fourth-order valence-corrected chi connectivity index (χ4v) is 2.82. The predicted molar refractivity (Wildman–Crippen MR) is 100 cm³/mol. The maximum absolute atomic E-state index is 5.89. The van der Waals surface area contributed by atoms with E-state index in [1.54, 1.807) is 6.26 Å². The molecule has 2 aromatic rings. The smallest absolute Gasteiger partial charge is 0.216 e. The molecule has 3 heterocycles. The topological polar surface area (TPSA) is 60.6 Å². The Kier molecular flexibility index (Phi) is 6.41. The van der Waals surface area contributed by atoms with Gasteiger partial charge in [0, 0.05) is 37.3 Å². The van der Waals surface area contributed by atoms with Gasteiger partial charge in [0.15, 0.2) is 0 Å². The molecule has 1 saturated heterocycles. The quantitative estimate of drug-likeness (QED) is 0.758. The average molecular weight is 357 g/mol. The van der Waals surface area contributed by atoms with E-state index < -0.39 is 0 Å². The number of aryl methyl sites for hydroxylation is 1. The SMILES string of the molecule is Cc1cc(OCC2CN(C/C=C\c3ccco3)CCO2)nc(C(C)C)n1. The summed E-state index contributed by atoms with van der Waals surface area (Å²) in [5.74, 6) is 2.59. The van der Waals surface area contributed by atoms with Gasteiger partial charge in [-0.25, -0.2) is 4.98 Å². The molecule has 0 amide bonds. The highest BCUT2D eigenvalue weighted by Gasteiger charge is 2.20. The van der Waals surface area contributed by atoms with E-state index in [9.17, 15) is 0 Å². The van der Waals surface area contributed by atoms with Crippen LogP contribution in [0.25, 0.3) is 6.08 Å². The minimum absolute atomic E-state index is 0.0403.